The molecule has 3 rings (SSSR count). The zero-order chi connectivity index (χ0) is 14.6. The normalized spacial score (nSPS) is 33.9. The van der Waals surface area contributed by atoms with Gasteiger partial charge >= 0.3 is 0 Å². The number of hydrogen-bond donors (Lipinski definition) is 0. The van der Waals surface area contributed by atoms with E-state index in [1.165, 1.54) is 0 Å². The van der Waals surface area contributed by atoms with Gasteiger partial charge in [0.05, 0.1) is 30.3 Å². The standard InChI is InChI=1S/C14H23NO4S/c1-13(2)10-19-6-5-15(13)12(16)11-9-14(11)3-7-20(17,18)8-4-14/h11H,3-10H2,1-2H3. The van der Waals surface area contributed by atoms with Crippen LogP contribution in [0.4, 0.5) is 0 Å². The Morgan fingerprint density at radius 2 is 1.90 bits per heavy atom. The van der Waals surface area contributed by atoms with Crippen molar-refractivity contribution in [3.8, 4) is 0 Å². The van der Waals surface area contributed by atoms with E-state index < -0.39 is 9.84 Å². The second-order valence-electron chi connectivity index (χ2n) is 7.13. The molecule has 114 valence electrons. The van der Waals surface area contributed by atoms with Crippen molar-refractivity contribution in [2.24, 2.45) is 11.3 Å². The third kappa shape index (κ3) is 2.37. The molecule has 2 saturated heterocycles. The molecule has 1 amide bonds. The minimum absolute atomic E-state index is 0.0171. The van der Waals surface area contributed by atoms with Crippen LogP contribution in [-0.4, -0.2) is 56.0 Å². The Labute approximate surface area is 120 Å². The lowest BCUT2D eigenvalue weighted by Crippen LogP contribution is -2.56. The van der Waals surface area contributed by atoms with Gasteiger partial charge in [-0.1, -0.05) is 0 Å². The van der Waals surface area contributed by atoms with Gasteiger partial charge in [-0.3, -0.25) is 4.79 Å². The summed E-state index contributed by atoms with van der Waals surface area (Å²) < 4.78 is 28.5. The first-order chi connectivity index (χ1) is 9.26. The fraction of sp³-hybridized carbons (Fsp3) is 0.929. The van der Waals surface area contributed by atoms with Gasteiger partial charge in [-0.15, -0.1) is 0 Å². The van der Waals surface area contributed by atoms with Crippen molar-refractivity contribution in [1.82, 2.24) is 4.90 Å². The average Bonchev–Trinajstić information content (AvgIpc) is 3.07. The minimum atomic E-state index is -2.86. The molecule has 2 heterocycles. The zero-order valence-electron chi connectivity index (χ0n) is 12.2. The summed E-state index contributed by atoms with van der Waals surface area (Å²) in [6.07, 6.45) is 2.20. The second kappa shape index (κ2) is 4.44. The molecule has 1 unspecified atom stereocenters. The molecule has 1 atom stereocenters. The Balaban J connectivity index is 1.68. The van der Waals surface area contributed by atoms with Crippen LogP contribution in [0.2, 0.25) is 0 Å². The molecule has 3 aliphatic rings. The molecule has 0 aromatic heterocycles. The van der Waals surface area contributed by atoms with Gasteiger partial charge in [-0.25, -0.2) is 8.42 Å². The first-order valence-corrected chi connectivity index (χ1v) is 9.18. The van der Waals surface area contributed by atoms with Crippen molar-refractivity contribution in [3.63, 3.8) is 0 Å². The molecule has 1 saturated carbocycles. The molecule has 1 spiro atoms. The maximum absolute atomic E-state index is 12.7. The van der Waals surface area contributed by atoms with Crippen LogP contribution in [0.1, 0.15) is 33.1 Å². The fourth-order valence-electron chi connectivity index (χ4n) is 3.65. The summed E-state index contributed by atoms with van der Waals surface area (Å²) in [5, 5.41) is 0. The van der Waals surface area contributed by atoms with Crippen molar-refractivity contribution in [2.75, 3.05) is 31.3 Å². The van der Waals surface area contributed by atoms with Gasteiger partial charge in [0.15, 0.2) is 0 Å². The van der Waals surface area contributed by atoms with Crippen LogP contribution in [0.3, 0.4) is 0 Å². The quantitative estimate of drug-likeness (QED) is 0.720. The Kier molecular flexibility index (Phi) is 3.18. The summed E-state index contributed by atoms with van der Waals surface area (Å²) in [7, 11) is -2.86. The van der Waals surface area contributed by atoms with Crippen molar-refractivity contribution in [2.45, 2.75) is 38.6 Å². The average molecular weight is 301 g/mol. The number of carbonyl (C=O) groups is 1. The molecule has 0 aromatic rings. The van der Waals surface area contributed by atoms with E-state index in [0.717, 1.165) is 6.42 Å². The van der Waals surface area contributed by atoms with Crippen LogP contribution in [0.15, 0.2) is 0 Å². The van der Waals surface area contributed by atoms with Crippen molar-refractivity contribution in [3.05, 3.63) is 0 Å². The van der Waals surface area contributed by atoms with Gasteiger partial charge < -0.3 is 9.64 Å². The highest BCUT2D eigenvalue weighted by Crippen LogP contribution is 2.60. The fourth-order valence-corrected chi connectivity index (χ4v) is 5.29. The smallest absolute Gasteiger partial charge is 0.226 e. The number of nitrogens with zero attached hydrogens (tertiary/aromatic N) is 1. The zero-order valence-corrected chi connectivity index (χ0v) is 13.0. The minimum Gasteiger partial charge on any atom is -0.377 e. The van der Waals surface area contributed by atoms with E-state index >= 15 is 0 Å². The number of carbonyl (C=O) groups excluding carboxylic acids is 1. The highest BCUT2D eigenvalue weighted by Gasteiger charge is 2.61. The molecule has 0 bridgehead atoms. The Morgan fingerprint density at radius 3 is 2.50 bits per heavy atom. The topological polar surface area (TPSA) is 63.7 Å². The van der Waals surface area contributed by atoms with Crippen molar-refractivity contribution in [1.29, 1.82) is 0 Å². The predicted octanol–water partition coefficient (Wildman–Crippen LogP) is 0.839. The monoisotopic (exact) mass is 301 g/mol. The van der Waals surface area contributed by atoms with E-state index in [0.29, 0.717) is 32.6 Å². The third-order valence-corrected chi connectivity index (χ3v) is 6.87. The van der Waals surface area contributed by atoms with Gasteiger partial charge in [0, 0.05) is 12.5 Å². The summed E-state index contributed by atoms with van der Waals surface area (Å²) >= 11 is 0. The highest BCUT2D eigenvalue weighted by molar-refractivity contribution is 7.91. The summed E-state index contributed by atoms with van der Waals surface area (Å²) in [6, 6.07) is 0. The summed E-state index contributed by atoms with van der Waals surface area (Å²) in [5.41, 5.74) is -0.267. The van der Waals surface area contributed by atoms with E-state index in [9.17, 15) is 13.2 Å². The molecule has 0 aromatic carbocycles. The summed E-state index contributed by atoms with van der Waals surface area (Å²) in [4.78, 5) is 14.7. The molecule has 20 heavy (non-hydrogen) atoms. The van der Waals surface area contributed by atoms with Gasteiger partial charge in [-0.2, -0.15) is 0 Å². The number of morpholine rings is 1. The Bertz CT molecular complexity index is 511. The molecule has 5 nitrogen and oxygen atoms in total. The van der Waals surface area contributed by atoms with Crippen LogP contribution in [0, 0.1) is 11.3 Å². The lowest BCUT2D eigenvalue weighted by Gasteiger charge is -2.42. The predicted molar refractivity (Wildman–Crippen MR) is 75.0 cm³/mol. The highest BCUT2D eigenvalue weighted by atomic mass is 32.2. The Morgan fingerprint density at radius 1 is 1.25 bits per heavy atom. The van der Waals surface area contributed by atoms with Crippen LogP contribution in [0.25, 0.3) is 0 Å². The van der Waals surface area contributed by atoms with Gasteiger partial charge in [0.1, 0.15) is 9.84 Å². The molecule has 0 radical (unpaired) electrons. The van der Waals surface area contributed by atoms with E-state index in [-0.39, 0.29) is 34.3 Å². The molecule has 1 aliphatic carbocycles. The van der Waals surface area contributed by atoms with E-state index in [1.807, 2.05) is 18.7 Å². The lowest BCUT2D eigenvalue weighted by atomic mass is 9.94. The summed E-state index contributed by atoms with van der Waals surface area (Å²) in [6.45, 7) is 5.89. The van der Waals surface area contributed by atoms with Crippen LogP contribution in [-0.2, 0) is 19.4 Å². The van der Waals surface area contributed by atoms with Crippen LogP contribution < -0.4 is 0 Å². The molecule has 2 aliphatic heterocycles. The molecule has 3 fully saturated rings. The van der Waals surface area contributed by atoms with Gasteiger partial charge in [0.2, 0.25) is 5.91 Å². The third-order valence-electron chi connectivity index (χ3n) is 5.22. The molecular formula is C14H23NO4S. The van der Waals surface area contributed by atoms with Gasteiger partial charge in [0.25, 0.3) is 0 Å². The first kappa shape index (κ1) is 14.3. The Hall–Kier alpha value is -0.620. The van der Waals surface area contributed by atoms with Crippen molar-refractivity contribution < 1.29 is 17.9 Å². The number of sulfone groups is 1. The lowest BCUT2D eigenvalue weighted by molar-refractivity contribution is -0.148. The number of hydrogen-bond acceptors (Lipinski definition) is 4. The van der Waals surface area contributed by atoms with Crippen molar-refractivity contribution >= 4 is 15.7 Å². The van der Waals surface area contributed by atoms with Gasteiger partial charge in [-0.05, 0) is 38.5 Å². The summed E-state index contributed by atoms with van der Waals surface area (Å²) in [5.74, 6) is 0.750. The van der Waals surface area contributed by atoms with Crippen LogP contribution in [0.5, 0.6) is 0 Å². The van der Waals surface area contributed by atoms with E-state index in [1.54, 1.807) is 0 Å². The largest absolute Gasteiger partial charge is 0.377 e. The second-order valence-corrected chi connectivity index (χ2v) is 9.43. The first-order valence-electron chi connectivity index (χ1n) is 7.36. The maximum atomic E-state index is 12.7. The van der Waals surface area contributed by atoms with Crippen LogP contribution >= 0.6 is 0 Å². The SMILES string of the molecule is CC1(C)COCCN1C(=O)C1CC12CCS(=O)(=O)CC2. The molecule has 0 N–H and O–H groups in total. The number of rotatable bonds is 1. The maximum Gasteiger partial charge on any atom is 0.226 e. The molecule has 6 heteroatoms. The van der Waals surface area contributed by atoms with E-state index in [2.05, 4.69) is 0 Å². The van der Waals surface area contributed by atoms with E-state index in [4.69, 9.17) is 4.74 Å². The molecular weight excluding hydrogens is 278 g/mol. The number of amides is 1. The number of ether oxygens (including phenoxy) is 1.